The predicted octanol–water partition coefficient (Wildman–Crippen LogP) is 3.69. The van der Waals surface area contributed by atoms with Gasteiger partial charge in [-0.1, -0.05) is 36.4 Å². The topological polar surface area (TPSA) is 51.8 Å². The Morgan fingerprint density at radius 3 is 2.60 bits per heavy atom. The van der Waals surface area contributed by atoms with E-state index in [4.69, 9.17) is 10.7 Å². The van der Waals surface area contributed by atoms with E-state index >= 15 is 0 Å². The number of thiazole rings is 1. The Labute approximate surface area is 122 Å². The third-order valence-electron chi connectivity index (χ3n) is 3.18. The molecule has 0 aliphatic rings. The lowest BCUT2D eigenvalue weighted by molar-refractivity contribution is 1.06. The first kappa shape index (κ1) is 12.8. The highest BCUT2D eigenvalue weighted by Gasteiger charge is 2.07. The summed E-state index contributed by atoms with van der Waals surface area (Å²) in [6.07, 6.45) is 0.802. The fourth-order valence-electron chi connectivity index (χ4n) is 2.09. The SMILES string of the molecule is Cc1nc(N)ccc1Cc1nc(-c2ccccc2)cs1. The van der Waals surface area contributed by atoms with E-state index in [0.29, 0.717) is 5.82 Å². The highest BCUT2D eigenvalue weighted by Crippen LogP contribution is 2.23. The lowest BCUT2D eigenvalue weighted by atomic mass is 10.1. The highest BCUT2D eigenvalue weighted by molar-refractivity contribution is 7.10. The second-order valence-corrected chi connectivity index (χ2v) is 5.59. The minimum absolute atomic E-state index is 0.565. The molecule has 3 rings (SSSR count). The lowest BCUT2D eigenvalue weighted by Gasteiger charge is -2.03. The first-order valence-electron chi connectivity index (χ1n) is 6.44. The zero-order chi connectivity index (χ0) is 13.9. The van der Waals surface area contributed by atoms with Crippen LogP contribution in [-0.2, 0) is 6.42 Å². The third-order valence-corrected chi connectivity index (χ3v) is 4.03. The maximum Gasteiger partial charge on any atom is 0.123 e. The molecule has 0 fully saturated rings. The van der Waals surface area contributed by atoms with Gasteiger partial charge in [0.2, 0.25) is 0 Å². The summed E-state index contributed by atoms with van der Waals surface area (Å²) in [5.41, 5.74) is 10.0. The van der Waals surface area contributed by atoms with E-state index in [9.17, 15) is 0 Å². The second kappa shape index (κ2) is 5.43. The van der Waals surface area contributed by atoms with Gasteiger partial charge < -0.3 is 5.73 Å². The van der Waals surface area contributed by atoms with Crippen LogP contribution in [0, 0.1) is 6.92 Å². The maximum absolute atomic E-state index is 5.68. The molecule has 100 valence electrons. The van der Waals surface area contributed by atoms with Gasteiger partial charge in [0.1, 0.15) is 5.82 Å². The summed E-state index contributed by atoms with van der Waals surface area (Å²) in [5.74, 6) is 0.565. The lowest BCUT2D eigenvalue weighted by Crippen LogP contribution is -1.98. The molecule has 0 aliphatic heterocycles. The number of nitrogen functional groups attached to an aromatic ring is 1. The number of aromatic nitrogens is 2. The van der Waals surface area contributed by atoms with Crippen LogP contribution in [0.1, 0.15) is 16.3 Å². The summed E-state index contributed by atoms with van der Waals surface area (Å²) < 4.78 is 0. The molecule has 0 unspecified atom stereocenters. The van der Waals surface area contributed by atoms with E-state index in [0.717, 1.165) is 28.4 Å². The zero-order valence-corrected chi connectivity index (χ0v) is 12.0. The van der Waals surface area contributed by atoms with Crippen molar-refractivity contribution in [3.8, 4) is 11.3 Å². The number of benzene rings is 1. The van der Waals surface area contributed by atoms with Crippen molar-refractivity contribution >= 4 is 17.2 Å². The van der Waals surface area contributed by atoms with Gasteiger partial charge in [-0.3, -0.25) is 0 Å². The summed E-state index contributed by atoms with van der Waals surface area (Å²) in [7, 11) is 0. The average Bonchev–Trinajstić information content (AvgIpc) is 2.92. The molecule has 3 aromatic rings. The normalized spacial score (nSPS) is 10.7. The zero-order valence-electron chi connectivity index (χ0n) is 11.2. The van der Waals surface area contributed by atoms with E-state index in [-0.39, 0.29) is 0 Å². The maximum atomic E-state index is 5.68. The van der Waals surface area contributed by atoms with Gasteiger partial charge in [0, 0.05) is 23.1 Å². The van der Waals surface area contributed by atoms with Crippen LogP contribution < -0.4 is 5.73 Å². The van der Waals surface area contributed by atoms with Gasteiger partial charge >= 0.3 is 0 Å². The Morgan fingerprint density at radius 2 is 1.85 bits per heavy atom. The van der Waals surface area contributed by atoms with Crippen LogP contribution >= 0.6 is 11.3 Å². The van der Waals surface area contributed by atoms with Gasteiger partial charge in [0.15, 0.2) is 0 Å². The van der Waals surface area contributed by atoms with Gasteiger partial charge in [0.25, 0.3) is 0 Å². The van der Waals surface area contributed by atoms with E-state index in [1.165, 1.54) is 5.56 Å². The summed E-state index contributed by atoms with van der Waals surface area (Å²) >= 11 is 1.68. The molecule has 2 aromatic heterocycles. The molecule has 0 atom stereocenters. The molecule has 0 radical (unpaired) electrons. The standard InChI is InChI=1S/C16H15N3S/c1-11-13(7-8-15(17)18-11)9-16-19-14(10-20-16)12-5-3-2-4-6-12/h2-8,10H,9H2,1H3,(H2,17,18). The number of hydrogen-bond acceptors (Lipinski definition) is 4. The number of hydrogen-bond donors (Lipinski definition) is 1. The Morgan fingerprint density at radius 1 is 1.05 bits per heavy atom. The Balaban J connectivity index is 1.84. The summed E-state index contributed by atoms with van der Waals surface area (Å²) in [6.45, 7) is 1.98. The van der Waals surface area contributed by atoms with Crippen LogP contribution in [0.5, 0.6) is 0 Å². The van der Waals surface area contributed by atoms with Crippen molar-refractivity contribution in [3.63, 3.8) is 0 Å². The van der Waals surface area contributed by atoms with Gasteiger partial charge in [-0.05, 0) is 18.6 Å². The molecule has 2 heterocycles. The van der Waals surface area contributed by atoms with E-state index in [1.54, 1.807) is 11.3 Å². The Bertz CT molecular complexity index is 720. The highest BCUT2D eigenvalue weighted by atomic mass is 32.1. The molecule has 2 N–H and O–H groups in total. The minimum Gasteiger partial charge on any atom is -0.384 e. The molecular formula is C16H15N3S. The number of nitrogens with zero attached hydrogens (tertiary/aromatic N) is 2. The Hall–Kier alpha value is -2.20. The summed E-state index contributed by atoms with van der Waals surface area (Å²) in [6, 6.07) is 14.1. The smallest absolute Gasteiger partial charge is 0.123 e. The molecule has 0 aliphatic carbocycles. The first-order chi connectivity index (χ1) is 9.72. The minimum atomic E-state index is 0.565. The molecule has 0 saturated heterocycles. The van der Waals surface area contributed by atoms with Crippen molar-refractivity contribution in [3.05, 3.63) is 64.1 Å². The van der Waals surface area contributed by atoms with Crippen LogP contribution in [0.15, 0.2) is 47.8 Å². The van der Waals surface area contributed by atoms with Crippen molar-refractivity contribution < 1.29 is 0 Å². The summed E-state index contributed by atoms with van der Waals surface area (Å²) in [4.78, 5) is 8.99. The van der Waals surface area contributed by atoms with Crippen LogP contribution in [0.25, 0.3) is 11.3 Å². The monoisotopic (exact) mass is 281 g/mol. The molecule has 1 aromatic carbocycles. The molecular weight excluding hydrogens is 266 g/mol. The number of rotatable bonds is 3. The average molecular weight is 281 g/mol. The molecule has 0 spiro atoms. The molecule has 20 heavy (non-hydrogen) atoms. The molecule has 0 saturated carbocycles. The quantitative estimate of drug-likeness (QED) is 0.796. The number of nitrogens with two attached hydrogens (primary N) is 1. The molecule has 0 bridgehead atoms. The first-order valence-corrected chi connectivity index (χ1v) is 7.32. The van der Waals surface area contributed by atoms with Gasteiger partial charge in [-0.25, -0.2) is 9.97 Å². The van der Waals surface area contributed by atoms with Crippen molar-refractivity contribution in [1.29, 1.82) is 0 Å². The predicted molar refractivity (Wildman–Crippen MR) is 83.7 cm³/mol. The van der Waals surface area contributed by atoms with Gasteiger partial charge in [0.05, 0.1) is 10.7 Å². The van der Waals surface area contributed by atoms with Crippen LogP contribution in [-0.4, -0.2) is 9.97 Å². The van der Waals surface area contributed by atoms with Gasteiger partial charge in [-0.15, -0.1) is 11.3 Å². The molecule has 3 nitrogen and oxygen atoms in total. The fourth-order valence-corrected chi connectivity index (χ4v) is 2.92. The summed E-state index contributed by atoms with van der Waals surface area (Å²) in [5, 5.41) is 3.20. The van der Waals surface area contributed by atoms with Crippen LogP contribution in [0.3, 0.4) is 0 Å². The van der Waals surface area contributed by atoms with Gasteiger partial charge in [-0.2, -0.15) is 0 Å². The third kappa shape index (κ3) is 2.70. The van der Waals surface area contributed by atoms with E-state index in [1.807, 2.05) is 37.3 Å². The van der Waals surface area contributed by atoms with Crippen molar-refractivity contribution in [2.75, 3.05) is 5.73 Å². The Kier molecular flexibility index (Phi) is 3.48. The number of aryl methyl sites for hydroxylation is 1. The van der Waals surface area contributed by atoms with Crippen LogP contribution in [0.4, 0.5) is 5.82 Å². The van der Waals surface area contributed by atoms with Crippen molar-refractivity contribution in [2.45, 2.75) is 13.3 Å². The fraction of sp³-hybridized carbons (Fsp3) is 0.125. The number of anilines is 1. The van der Waals surface area contributed by atoms with Crippen LogP contribution in [0.2, 0.25) is 0 Å². The number of pyridine rings is 1. The van der Waals surface area contributed by atoms with E-state index < -0.39 is 0 Å². The second-order valence-electron chi connectivity index (χ2n) is 4.65. The largest absolute Gasteiger partial charge is 0.384 e. The van der Waals surface area contributed by atoms with E-state index in [2.05, 4.69) is 22.5 Å². The molecule has 4 heteroatoms. The molecule has 0 amide bonds. The van der Waals surface area contributed by atoms with Crippen molar-refractivity contribution in [1.82, 2.24) is 9.97 Å². The van der Waals surface area contributed by atoms with Crippen molar-refractivity contribution in [2.24, 2.45) is 0 Å².